The fourth-order valence-corrected chi connectivity index (χ4v) is 0.269. The quantitative estimate of drug-likeness (QED) is 0.519. The molecule has 0 aromatic heterocycles. The molecule has 0 saturated carbocycles. The average Bonchev–Trinajstić information content (AvgIpc) is 1.61. The van der Waals surface area contributed by atoms with E-state index in [1.807, 2.05) is 26.1 Å². The van der Waals surface area contributed by atoms with Gasteiger partial charge in [-0.15, -0.1) is 0 Å². The molecule has 0 atom stereocenters. The molecule has 0 aromatic carbocycles. The highest BCUT2D eigenvalue weighted by molar-refractivity contribution is 7.80. The van der Waals surface area contributed by atoms with Crippen LogP contribution in [0, 0.1) is 0 Å². The van der Waals surface area contributed by atoms with Crippen LogP contribution in [-0.2, 0) is 0 Å². The molecular formula is C5H9NS. The Morgan fingerprint density at radius 3 is 2.43 bits per heavy atom. The lowest BCUT2D eigenvalue weighted by molar-refractivity contribution is 1.29. The van der Waals surface area contributed by atoms with Crippen molar-refractivity contribution in [1.82, 2.24) is 5.32 Å². The first-order valence-electron chi connectivity index (χ1n) is 2.15. The summed E-state index contributed by atoms with van der Waals surface area (Å²) in [6.45, 7) is 3.78. The first kappa shape index (κ1) is 6.63. The zero-order valence-corrected chi connectivity index (χ0v) is 5.38. The van der Waals surface area contributed by atoms with Gasteiger partial charge in [0.25, 0.3) is 0 Å². The Labute approximate surface area is 49.4 Å². The van der Waals surface area contributed by atoms with Crippen LogP contribution in [0.15, 0.2) is 12.3 Å². The van der Waals surface area contributed by atoms with Gasteiger partial charge in [-0.3, -0.25) is 0 Å². The number of hydrogen-bond acceptors (Lipinski definition) is 1. The lowest BCUT2D eigenvalue weighted by atomic mass is 10.6. The summed E-state index contributed by atoms with van der Waals surface area (Å²) in [5.41, 5.74) is 0. The van der Waals surface area contributed by atoms with E-state index in [1.165, 1.54) is 0 Å². The van der Waals surface area contributed by atoms with E-state index in [-0.39, 0.29) is 0 Å². The van der Waals surface area contributed by atoms with Crippen LogP contribution in [0.25, 0.3) is 0 Å². The van der Waals surface area contributed by atoms with Crippen LogP contribution in [0.5, 0.6) is 0 Å². The Hall–Kier alpha value is -0.370. The van der Waals surface area contributed by atoms with Gasteiger partial charge < -0.3 is 5.32 Å². The number of allylic oxidation sites excluding steroid dienone is 1. The van der Waals surface area contributed by atoms with E-state index in [9.17, 15) is 0 Å². The molecule has 0 fully saturated rings. The second kappa shape index (κ2) is 3.81. The first-order chi connectivity index (χ1) is 3.27. The van der Waals surface area contributed by atoms with Crippen LogP contribution in [-0.4, -0.2) is 4.99 Å². The molecule has 0 unspecified atom stereocenters. The van der Waals surface area contributed by atoms with Gasteiger partial charge in [0.2, 0.25) is 0 Å². The van der Waals surface area contributed by atoms with E-state index in [0.717, 1.165) is 4.99 Å². The third-order valence-corrected chi connectivity index (χ3v) is 0.571. The summed E-state index contributed by atoms with van der Waals surface area (Å²) in [6.07, 6.45) is 3.71. The summed E-state index contributed by atoms with van der Waals surface area (Å²) in [5, 5.41) is 2.85. The summed E-state index contributed by atoms with van der Waals surface area (Å²) in [6, 6.07) is 0. The second-order valence-electron chi connectivity index (χ2n) is 1.20. The molecule has 1 nitrogen and oxygen atoms in total. The molecule has 40 valence electrons. The largest absolute Gasteiger partial charge is 0.357 e. The summed E-state index contributed by atoms with van der Waals surface area (Å²) >= 11 is 4.70. The van der Waals surface area contributed by atoms with Crippen molar-refractivity contribution in [3.8, 4) is 0 Å². The Kier molecular flexibility index (Phi) is 3.61. The zero-order chi connectivity index (χ0) is 5.70. The molecular weight excluding hydrogens is 106 g/mol. The topological polar surface area (TPSA) is 12.0 Å². The lowest BCUT2D eigenvalue weighted by Crippen LogP contribution is -2.08. The smallest absolute Gasteiger partial charge is 0.0761 e. The van der Waals surface area contributed by atoms with E-state index in [2.05, 4.69) is 5.32 Å². The minimum absolute atomic E-state index is 0.804. The molecule has 0 heterocycles. The van der Waals surface area contributed by atoms with Gasteiger partial charge in [0, 0.05) is 0 Å². The molecule has 0 radical (unpaired) electrons. The minimum atomic E-state index is 0.804. The van der Waals surface area contributed by atoms with Crippen molar-refractivity contribution in [2.75, 3.05) is 0 Å². The molecule has 0 aliphatic carbocycles. The monoisotopic (exact) mass is 115 g/mol. The first-order valence-corrected chi connectivity index (χ1v) is 2.56. The maximum absolute atomic E-state index is 4.70. The third kappa shape index (κ3) is 5.63. The van der Waals surface area contributed by atoms with Gasteiger partial charge in [0.1, 0.15) is 0 Å². The van der Waals surface area contributed by atoms with Crippen molar-refractivity contribution in [3.63, 3.8) is 0 Å². The molecule has 1 N–H and O–H groups in total. The Morgan fingerprint density at radius 2 is 2.29 bits per heavy atom. The summed E-state index contributed by atoms with van der Waals surface area (Å²) in [7, 11) is 0. The Balaban J connectivity index is 3.14. The average molecular weight is 115 g/mol. The van der Waals surface area contributed by atoms with E-state index in [0.29, 0.717) is 0 Å². The fraction of sp³-hybridized carbons (Fsp3) is 0.400. The van der Waals surface area contributed by atoms with E-state index in [1.54, 1.807) is 0 Å². The highest BCUT2D eigenvalue weighted by Gasteiger charge is 1.71. The van der Waals surface area contributed by atoms with Crippen LogP contribution >= 0.6 is 12.2 Å². The second-order valence-corrected chi connectivity index (χ2v) is 1.81. The Bertz CT molecular complexity index is 86.1. The summed E-state index contributed by atoms with van der Waals surface area (Å²) < 4.78 is 0. The molecule has 0 aromatic rings. The van der Waals surface area contributed by atoms with Crippen LogP contribution in [0.1, 0.15) is 13.8 Å². The van der Waals surface area contributed by atoms with Crippen LogP contribution in [0.2, 0.25) is 0 Å². The van der Waals surface area contributed by atoms with Gasteiger partial charge in [0.05, 0.1) is 4.99 Å². The van der Waals surface area contributed by atoms with Gasteiger partial charge in [-0.05, 0) is 20.0 Å². The SMILES string of the molecule is C/C=C/NC(C)=S. The molecule has 0 rings (SSSR count). The molecule has 0 bridgehead atoms. The summed E-state index contributed by atoms with van der Waals surface area (Å²) in [5.74, 6) is 0. The minimum Gasteiger partial charge on any atom is -0.357 e. The number of rotatable bonds is 1. The van der Waals surface area contributed by atoms with Gasteiger partial charge in [-0.2, -0.15) is 0 Å². The van der Waals surface area contributed by atoms with E-state index < -0.39 is 0 Å². The van der Waals surface area contributed by atoms with E-state index >= 15 is 0 Å². The predicted octanol–water partition coefficient (Wildman–Crippen LogP) is 1.46. The predicted molar refractivity (Wildman–Crippen MR) is 36.2 cm³/mol. The van der Waals surface area contributed by atoms with Crippen molar-refractivity contribution < 1.29 is 0 Å². The van der Waals surface area contributed by atoms with Crippen molar-refractivity contribution in [2.45, 2.75) is 13.8 Å². The molecule has 0 aliphatic rings. The van der Waals surface area contributed by atoms with Crippen molar-refractivity contribution in [3.05, 3.63) is 12.3 Å². The highest BCUT2D eigenvalue weighted by Crippen LogP contribution is 1.66. The van der Waals surface area contributed by atoms with Crippen molar-refractivity contribution in [1.29, 1.82) is 0 Å². The molecule has 0 spiro atoms. The molecule has 7 heavy (non-hydrogen) atoms. The molecule has 0 aliphatic heterocycles. The van der Waals surface area contributed by atoms with Gasteiger partial charge in [0.15, 0.2) is 0 Å². The van der Waals surface area contributed by atoms with Crippen molar-refractivity contribution >= 4 is 17.2 Å². The Morgan fingerprint density at radius 1 is 1.71 bits per heavy atom. The van der Waals surface area contributed by atoms with Gasteiger partial charge in [-0.1, -0.05) is 18.3 Å². The summed E-state index contributed by atoms with van der Waals surface area (Å²) in [4.78, 5) is 0.804. The van der Waals surface area contributed by atoms with Gasteiger partial charge in [-0.25, -0.2) is 0 Å². The number of hydrogen-bond donors (Lipinski definition) is 1. The van der Waals surface area contributed by atoms with E-state index in [4.69, 9.17) is 12.2 Å². The maximum atomic E-state index is 4.70. The maximum Gasteiger partial charge on any atom is 0.0761 e. The standard InChI is InChI=1S/C5H9NS/c1-3-4-6-5(2)7/h3-4H,1-2H3,(H,6,7)/b4-3+. The van der Waals surface area contributed by atoms with Crippen LogP contribution in [0.3, 0.4) is 0 Å². The third-order valence-electron chi connectivity index (χ3n) is 0.453. The van der Waals surface area contributed by atoms with Crippen molar-refractivity contribution in [2.24, 2.45) is 0 Å². The zero-order valence-electron chi connectivity index (χ0n) is 4.56. The normalized spacial score (nSPS) is 9.43. The van der Waals surface area contributed by atoms with Crippen LogP contribution in [0.4, 0.5) is 0 Å². The van der Waals surface area contributed by atoms with Gasteiger partial charge >= 0.3 is 0 Å². The molecule has 0 amide bonds. The lowest BCUT2D eigenvalue weighted by Gasteiger charge is -1.89. The molecule has 0 saturated heterocycles. The van der Waals surface area contributed by atoms with Crippen LogP contribution < -0.4 is 5.32 Å². The molecule has 2 heteroatoms. The highest BCUT2D eigenvalue weighted by atomic mass is 32.1. The number of thiocarbonyl (C=S) groups is 1. The fourth-order valence-electron chi connectivity index (χ4n) is 0.201. The number of nitrogens with one attached hydrogen (secondary N) is 1.